The molecule has 0 saturated carbocycles. The zero-order valence-electron chi connectivity index (χ0n) is 10.5. The molecular weight excluding hydrogens is 188 g/mol. The molecule has 0 radical (unpaired) electrons. The summed E-state index contributed by atoms with van der Waals surface area (Å²) in [6, 6.07) is 0.587. The van der Waals surface area contributed by atoms with E-state index in [0.717, 1.165) is 19.7 Å². The van der Waals surface area contributed by atoms with Crippen LogP contribution < -0.4 is 5.32 Å². The van der Waals surface area contributed by atoms with Gasteiger partial charge in [0.15, 0.2) is 0 Å². The molecule has 1 aliphatic rings. The standard InChI is InChI=1S/C12H26N2O/c1-11(10-14(2)3)13-8-4-6-12-7-5-9-15-12/h11-13H,4-10H2,1-3H3. The van der Waals surface area contributed by atoms with Crippen LogP contribution in [0, 0.1) is 0 Å². The quantitative estimate of drug-likeness (QED) is 0.650. The van der Waals surface area contributed by atoms with Crippen molar-refractivity contribution in [1.29, 1.82) is 0 Å². The van der Waals surface area contributed by atoms with Gasteiger partial charge in [-0.05, 0) is 53.2 Å². The van der Waals surface area contributed by atoms with Gasteiger partial charge >= 0.3 is 0 Å². The first-order valence-electron chi connectivity index (χ1n) is 6.18. The molecule has 1 heterocycles. The van der Waals surface area contributed by atoms with Crippen LogP contribution in [0.25, 0.3) is 0 Å². The highest BCUT2D eigenvalue weighted by Gasteiger charge is 2.14. The molecule has 0 spiro atoms. The Labute approximate surface area is 94.2 Å². The molecule has 2 atom stereocenters. The smallest absolute Gasteiger partial charge is 0.0576 e. The molecule has 0 aromatic heterocycles. The van der Waals surface area contributed by atoms with Crippen molar-refractivity contribution in [2.75, 3.05) is 33.8 Å². The number of nitrogens with one attached hydrogen (secondary N) is 1. The first kappa shape index (κ1) is 12.9. The van der Waals surface area contributed by atoms with Crippen LogP contribution in [0.15, 0.2) is 0 Å². The van der Waals surface area contributed by atoms with Crippen molar-refractivity contribution >= 4 is 0 Å². The fraction of sp³-hybridized carbons (Fsp3) is 1.00. The Morgan fingerprint density at radius 3 is 2.87 bits per heavy atom. The van der Waals surface area contributed by atoms with Crippen LogP contribution in [0.4, 0.5) is 0 Å². The van der Waals surface area contributed by atoms with E-state index < -0.39 is 0 Å². The van der Waals surface area contributed by atoms with Crippen molar-refractivity contribution in [2.45, 2.75) is 44.8 Å². The summed E-state index contributed by atoms with van der Waals surface area (Å²) in [5.41, 5.74) is 0. The highest BCUT2D eigenvalue weighted by atomic mass is 16.5. The normalized spacial score (nSPS) is 23.6. The highest BCUT2D eigenvalue weighted by molar-refractivity contribution is 4.67. The maximum Gasteiger partial charge on any atom is 0.0576 e. The SMILES string of the molecule is CC(CN(C)C)NCCCC1CCCO1. The molecule has 3 heteroatoms. The Morgan fingerprint density at radius 1 is 1.47 bits per heavy atom. The number of rotatable bonds is 7. The Bertz CT molecular complexity index is 156. The lowest BCUT2D eigenvalue weighted by molar-refractivity contribution is 0.102. The summed E-state index contributed by atoms with van der Waals surface area (Å²) in [6.07, 6.45) is 5.54. The Hall–Kier alpha value is -0.120. The third kappa shape index (κ3) is 6.13. The van der Waals surface area contributed by atoms with Gasteiger partial charge in [-0.3, -0.25) is 0 Å². The molecule has 0 amide bonds. The van der Waals surface area contributed by atoms with Gasteiger partial charge in [0, 0.05) is 19.2 Å². The van der Waals surface area contributed by atoms with Crippen LogP contribution in [0.1, 0.15) is 32.6 Å². The van der Waals surface area contributed by atoms with Gasteiger partial charge in [0.1, 0.15) is 0 Å². The Balaban J connectivity index is 1.91. The fourth-order valence-corrected chi connectivity index (χ4v) is 2.16. The molecule has 0 bridgehead atoms. The second-order valence-corrected chi connectivity index (χ2v) is 4.89. The van der Waals surface area contributed by atoms with Gasteiger partial charge in [-0.2, -0.15) is 0 Å². The second kappa shape index (κ2) is 7.20. The van der Waals surface area contributed by atoms with E-state index >= 15 is 0 Å². The summed E-state index contributed by atoms with van der Waals surface area (Å²) in [4.78, 5) is 2.22. The zero-order valence-corrected chi connectivity index (χ0v) is 10.5. The van der Waals surface area contributed by atoms with Crippen molar-refractivity contribution in [3.05, 3.63) is 0 Å². The van der Waals surface area contributed by atoms with Gasteiger partial charge in [-0.15, -0.1) is 0 Å². The molecule has 1 fully saturated rings. The molecule has 0 aliphatic carbocycles. The number of hydrogen-bond acceptors (Lipinski definition) is 3. The minimum absolute atomic E-state index is 0.552. The number of hydrogen-bond donors (Lipinski definition) is 1. The minimum Gasteiger partial charge on any atom is -0.378 e. The molecule has 1 saturated heterocycles. The van der Waals surface area contributed by atoms with E-state index in [-0.39, 0.29) is 0 Å². The third-order valence-corrected chi connectivity index (χ3v) is 2.86. The van der Waals surface area contributed by atoms with Crippen LogP contribution >= 0.6 is 0 Å². The van der Waals surface area contributed by atoms with Crippen LogP contribution in [0.2, 0.25) is 0 Å². The number of nitrogens with zero attached hydrogens (tertiary/aromatic N) is 1. The maximum absolute atomic E-state index is 5.59. The number of likely N-dealkylation sites (N-methyl/N-ethyl adjacent to an activating group) is 1. The van der Waals surface area contributed by atoms with E-state index in [1.807, 2.05) is 0 Å². The van der Waals surface area contributed by atoms with E-state index in [0.29, 0.717) is 12.1 Å². The maximum atomic E-state index is 5.59. The van der Waals surface area contributed by atoms with Crippen molar-refractivity contribution in [3.8, 4) is 0 Å². The van der Waals surface area contributed by atoms with E-state index in [2.05, 4.69) is 31.2 Å². The van der Waals surface area contributed by atoms with Crippen molar-refractivity contribution in [1.82, 2.24) is 10.2 Å². The van der Waals surface area contributed by atoms with Crippen LogP contribution in [0.5, 0.6) is 0 Å². The summed E-state index contributed by atoms with van der Waals surface area (Å²) in [5, 5.41) is 3.54. The summed E-state index contributed by atoms with van der Waals surface area (Å²) in [7, 11) is 4.23. The lowest BCUT2D eigenvalue weighted by Gasteiger charge is -2.18. The fourth-order valence-electron chi connectivity index (χ4n) is 2.16. The Kier molecular flexibility index (Phi) is 6.22. The van der Waals surface area contributed by atoms with E-state index in [1.165, 1.54) is 25.7 Å². The predicted octanol–water partition coefficient (Wildman–Crippen LogP) is 1.49. The number of ether oxygens (including phenoxy) is 1. The third-order valence-electron chi connectivity index (χ3n) is 2.86. The minimum atomic E-state index is 0.552. The largest absolute Gasteiger partial charge is 0.378 e. The molecule has 1 rings (SSSR count). The average molecular weight is 214 g/mol. The first-order valence-corrected chi connectivity index (χ1v) is 6.18. The van der Waals surface area contributed by atoms with Crippen LogP contribution in [0.3, 0.4) is 0 Å². The summed E-state index contributed by atoms with van der Waals surface area (Å²) in [5.74, 6) is 0. The van der Waals surface area contributed by atoms with Crippen LogP contribution in [-0.4, -0.2) is 50.8 Å². The topological polar surface area (TPSA) is 24.5 Å². The molecular formula is C12H26N2O. The zero-order chi connectivity index (χ0) is 11.1. The molecule has 1 aliphatic heterocycles. The molecule has 15 heavy (non-hydrogen) atoms. The predicted molar refractivity (Wildman–Crippen MR) is 64.2 cm³/mol. The average Bonchev–Trinajstić information content (AvgIpc) is 2.63. The molecule has 0 aromatic carbocycles. The van der Waals surface area contributed by atoms with E-state index in [1.54, 1.807) is 0 Å². The highest BCUT2D eigenvalue weighted by Crippen LogP contribution is 2.16. The van der Waals surface area contributed by atoms with Crippen LogP contribution in [-0.2, 0) is 4.74 Å². The Morgan fingerprint density at radius 2 is 2.27 bits per heavy atom. The van der Waals surface area contributed by atoms with Gasteiger partial charge in [0.25, 0.3) is 0 Å². The van der Waals surface area contributed by atoms with Gasteiger partial charge < -0.3 is 15.0 Å². The first-order chi connectivity index (χ1) is 7.18. The molecule has 0 aromatic rings. The van der Waals surface area contributed by atoms with Gasteiger partial charge in [0.05, 0.1) is 6.10 Å². The van der Waals surface area contributed by atoms with E-state index in [4.69, 9.17) is 4.74 Å². The molecule has 3 nitrogen and oxygen atoms in total. The summed E-state index contributed by atoms with van der Waals surface area (Å²) in [6.45, 7) is 5.45. The molecule has 90 valence electrons. The van der Waals surface area contributed by atoms with Crippen molar-refractivity contribution < 1.29 is 4.74 Å². The van der Waals surface area contributed by atoms with Crippen molar-refractivity contribution in [2.24, 2.45) is 0 Å². The van der Waals surface area contributed by atoms with E-state index in [9.17, 15) is 0 Å². The van der Waals surface area contributed by atoms with Gasteiger partial charge in [-0.1, -0.05) is 0 Å². The van der Waals surface area contributed by atoms with Crippen molar-refractivity contribution in [3.63, 3.8) is 0 Å². The lowest BCUT2D eigenvalue weighted by atomic mass is 10.1. The monoisotopic (exact) mass is 214 g/mol. The lowest BCUT2D eigenvalue weighted by Crippen LogP contribution is -2.36. The summed E-state index contributed by atoms with van der Waals surface area (Å²) >= 11 is 0. The van der Waals surface area contributed by atoms with Gasteiger partial charge in [-0.25, -0.2) is 0 Å². The molecule has 2 unspecified atom stereocenters. The van der Waals surface area contributed by atoms with Gasteiger partial charge in [0.2, 0.25) is 0 Å². The second-order valence-electron chi connectivity index (χ2n) is 4.89. The summed E-state index contributed by atoms with van der Waals surface area (Å²) < 4.78 is 5.59. The molecule has 1 N–H and O–H groups in total.